The number of furan rings is 1. The Kier molecular flexibility index (Phi) is 5.27. The van der Waals surface area contributed by atoms with Gasteiger partial charge in [-0.25, -0.2) is 0 Å². The van der Waals surface area contributed by atoms with Gasteiger partial charge in [0.05, 0.1) is 24.0 Å². The molecule has 1 aromatic carbocycles. The number of rotatable bonds is 4. The van der Waals surface area contributed by atoms with Crippen LogP contribution in [0.15, 0.2) is 71.8 Å². The highest BCUT2D eigenvalue weighted by Gasteiger charge is 2.54. The number of likely N-dealkylation sites (tertiary alicyclic amines) is 1. The van der Waals surface area contributed by atoms with E-state index in [9.17, 15) is 9.59 Å². The van der Waals surface area contributed by atoms with Crippen LogP contribution in [0, 0.1) is 0 Å². The zero-order valence-electron chi connectivity index (χ0n) is 17.9. The summed E-state index contributed by atoms with van der Waals surface area (Å²) in [6, 6.07) is 13.1. The Hall–Kier alpha value is -3.45. The summed E-state index contributed by atoms with van der Waals surface area (Å²) in [5.41, 5.74) is 3.14. The first kappa shape index (κ1) is 20.5. The minimum Gasteiger partial charge on any atom is -0.472 e. The lowest BCUT2D eigenvalue weighted by Crippen LogP contribution is -2.51. The molecule has 7 heteroatoms. The maximum Gasteiger partial charge on any atom is 0.257 e. The van der Waals surface area contributed by atoms with E-state index in [2.05, 4.69) is 22.4 Å². The van der Waals surface area contributed by atoms with Crippen LogP contribution in [0.5, 0.6) is 0 Å². The average Bonchev–Trinajstić information content (AvgIpc) is 3.46. The summed E-state index contributed by atoms with van der Waals surface area (Å²) in [5, 5.41) is 3.20. The molecule has 3 aromatic rings. The number of nitrogens with zero attached hydrogens (tertiary/aromatic N) is 2. The monoisotopic (exact) mass is 431 g/mol. The molecule has 0 radical (unpaired) electrons. The number of hydrogen-bond acceptors (Lipinski definition) is 5. The van der Waals surface area contributed by atoms with Crippen molar-refractivity contribution in [2.45, 2.75) is 30.4 Å². The number of ether oxygens (including phenoxy) is 1. The molecule has 0 bridgehead atoms. The highest BCUT2D eigenvalue weighted by Crippen LogP contribution is 2.52. The van der Waals surface area contributed by atoms with E-state index in [1.165, 1.54) is 18.1 Å². The Balaban J connectivity index is 1.42. The summed E-state index contributed by atoms with van der Waals surface area (Å²) in [6.07, 6.45) is 7.51. The Labute approximate surface area is 186 Å². The molecule has 1 aliphatic heterocycles. The fourth-order valence-electron chi connectivity index (χ4n) is 5.33. The summed E-state index contributed by atoms with van der Waals surface area (Å²) in [6.45, 7) is 1.23. The quantitative estimate of drug-likeness (QED) is 0.685. The molecule has 2 aliphatic rings. The Morgan fingerprint density at radius 1 is 1.09 bits per heavy atom. The second-order valence-corrected chi connectivity index (χ2v) is 8.39. The fraction of sp³-hybridized carbons (Fsp3) is 0.320. The van der Waals surface area contributed by atoms with Crippen molar-refractivity contribution in [2.24, 2.45) is 0 Å². The van der Waals surface area contributed by atoms with Gasteiger partial charge in [-0.15, -0.1) is 0 Å². The third-order valence-corrected chi connectivity index (χ3v) is 6.87. The number of benzene rings is 1. The minimum atomic E-state index is -0.270. The van der Waals surface area contributed by atoms with E-state index in [1.54, 1.807) is 37.7 Å². The Morgan fingerprint density at radius 3 is 2.53 bits per heavy atom. The molecule has 1 N–H and O–H groups in total. The number of piperidine rings is 1. The first-order valence-corrected chi connectivity index (χ1v) is 10.8. The number of carbonyl (C=O) groups excluding carboxylic acids is 2. The maximum absolute atomic E-state index is 13.0. The van der Waals surface area contributed by atoms with Crippen LogP contribution in [0.2, 0.25) is 0 Å². The second-order valence-electron chi connectivity index (χ2n) is 8.39. The predicted molar refractivity (Wildman–Crippen MR) is 117 cm³/mol. The van der Waals surface area contributed by atoms with E-state index in [0.717, 1.165) is 18.4 Å². The molecule has 1 spiro atoms. The van der Waals surface area contributed by atoms with Gasteiger partial charge in [-0.1, -0.05) is 24.3 Å². The lowest BCUT2D eigenvalue weighted by Gasteiger charge is -2.44. The smallest absolute Gasteiger partial charge is 0.257 e. The van der Waals surface area contributed by atoms with E-state index in [0.29, 0.717) is 24.2 Å². The van der Waals surface area contributed by atoms with Gasteiger partial charge in [0, 0.05) is 43.6 Å². The van der Waals surface area contributed by atoms with E-state index in [-0.39, 0.29) is 29.4 Å². The van der Waals surface area contributed by atoms with Crippen molar-refractivity contribution in [2.75, 3.05) is 20.2 Å². The molecular weight excluding hydrogens is 406 g/mol. The molecule has 1 fully saturated rings. The molecule has 2 amide bonds. The largest absolute Gasteiger partial charge is 0.472 e. The zero-order valence-corrected chi connectivity index (χ0v) is 17.9. The van der Waals surface area contributed by atoms with Crippen LogP contribution in [0.1, 0.15) is 50.7 Å². The van der Waals surface area contributed by atoms with Gasteiger partial charge in [0.25, 0.3) is 11.8 Å². The number of pyridine rings is 1. The first-order valence-electron chi connectivity index (χ1n) is 10.8. The molecule has 2 aromatic heterocycles. The van der Waals surface area contributed by atoms with Crippen LogP contribution in [-0.4, -0.2) is 48.0 Å². The molecule has 5 rings (SSSR count). The van der Waals surface area contributed by atoms with Crippen molar-refractivity contribution in [1.29, 1.82) is 0 Å². The van der Waals surface area contributed by atoms with Gasteiger partial charge < -0.3 is 19.4 Å². The number of carbonyl (C=O) groups is 2. The van der Waals surface area contributed by atoms with Crippen molar-refractivity contribution in [3.63, 3.8) is 0 Å². The molecule has 3 heterocycles. The third kappa shape index (κ3) is 3.29. The van der Waals surface area contributed by atoms with Gasteiger partial charge in [0.2, 0.25) is 0 Å². The van der Waals surface area contributed by atoms with E-state index in [4.69, 9.17) is 9.15 Å². The lowest BCUT2D eigenvalue weighted by molar-refractivity contribution is -0.00930. The number of nitrogens with one attached hydrogen (secondary N) is 1. The molecule has 0 saturated carbocycles. The van der Waals surface area contributed by atoms with E-state index in [1.807, 2.05) is 17.0 Å². The Bertz CT molecular complexity index is 1110. The van der Waals surface area contributed by atoms with E-state index >= 15 is 0 Å². The number of amides is 2. The van der Waals surface area contributed by atoms with Crippen molar-refractivity contribution in [1.82, 2.24) is 15.2 Å². The van der Waals surface area contributed by atoms with Gasteiger partial charge in [0.15, 0.2) is 0 Å². The van der Waals surface area contributed by atoms with Crippen LogP contribution in [0.4, 0.5) is 0 Å². The zero-order chi connectivity index (χ0) is 22.1. The fourth-order valence-corrected chi connectivity index (χ4v) is 5.33. The molecule has 2 atom stereocenters. The summed E-state index contributed by atoms with van der Waals surface area (Å²) < 4.78 is 11.1. The van der Waals surface area contributed by atoms with Crippen LogP contribution in [0.25, 0.3) is 0 Å². The minimum absolute atomic E-state index is 0.0172. The molecule has 0 unspecified atom stereocenters. The number of methoxy groups -OCH3 is 1. The van der Waals surface area contributed by atoms with Gasteiger partial charge in [-0.05, 0) is 42.2 Å². The van der Waals surface area contributed by atoms with Crippen molar-refractivity contribution in [3.05, 3.63) is 89.6 Å². The average molecular weight is 431 g/mol. The molecule has 32 heavy (non-hydrogen) atoms. The molecule has 1 saturated heterocycles. The summed E-state index contributed by atoms with van der Waals surface area (Å²) >= 11 is 0. The van der Waals surface area contributed by atoms with Crippen LogP contribution >= 0.6 is 0 Å². The predicted octanol–water partition coefficient (Wildman–Crippen LogP) is 3.35. The summed E-state index contributed by atoms with van der Waals surface area (Å²) in [4.78, 5) is 31.6. The second kappa shape index (κ2) is 8.24. The van der Waals surface area contributed by atoms with Gasteiger partial charge in [0.1, 0.15) is 6.26 Å². The number of fused-ring (bicyclic) bond motifs is 2. The lowest BCUT2D eigenvalue weighted by atomic mass is 9.71. The maximum atomic E-state index is 13.0. The number of hydrogen-bond donors (Lipinski definition) is 1. The first-order chi connectivity index (χ1) is 15.6. The SMILES string of the molecule is CO[C@H]1[C@H](NC(=O)c2ccncc2)c2ccccc2C12CCN(C(=O)c1ccoc1)CC2. The topological polar surface area (TPSA) is 84.7 Å². The van der Waals surface area contributed by atoms with Gasteiger partial charge in [-0.3, -0.25) is 14.6 Å². The normalized spacial score (nSPS) is 21.3. The highest BCUT2D eigenvalue weighted by molar-refractivity contribution is 5.95. The van der Waals surface area contributed by atoms with Crippen LogP contribution in [0.3, 0.4) is 0 Å². The van der Waals surface area contributed by atoms with Crippen molar-refractivity contribution < 1.29 is 18.7 Å². The molecule has 1 aliphatic carbocycles. The van der Waals surface area contributed by atoms with Crippen LogP contribution in [-0.2, 0) is 10.2 Å². The third-order valence-electron chi connectivity index (χ3n) is 6.87. The van der Waals surface area contributed by atoms with Crippen molar-refractivity contribution in [3.8, 4) is 0 Å². The standard InChI is InChI=1S/C25H25N3O4/c1-31-22-21(27-23(29)17-6-11-26-12-7-17)19-4-2-3-5-20(19)25(22)9-13-28(14-10-25)24(30)18-8-15-32-16-18/h2-8,11-12,15-16,21-22H,9-10,13-14H2,1H3,(H,27,29)/t21-,22+/m1/s1. The summed E-state index contributed by atoms with van der Waals surface area (Å²) in [7, 11) is 1.70. The summed E-state index contributed by atoms with van der Waals surface area (Å²) in [5.74, 6) is -0.171. The van der Waals surface area contributed by atoms with Crippen LogP contribution < -0.4 is 5.32 Å². The highest BCUT2D eigenvalue weighted by atomic mass is 16.5. The molecule has 164 valence electrons. The van der Waals surface area contributed by atoms with Gasteiger partial charge >= 0.3 is 0 Å². The van der Waals surface area contributed by atoms with Crippen molar-refractivity contribution >= 4 is 11.8 Å². The van der Waals surface area contributed by atoms with Gasteiger partial charge in [-0.2, -0.15) is 0 Å². The molecular formula is C25H25N3O4. The molecule has 7 nitrogen and oxygen atoms in total. The Morgan fingerprint density at radius 2 is 1.84 bits per heavy atom. The van der Waals surface area contributed by atoms with E-state index < -0.39 is 0 Å². The number of aromatic nitrogens is 1.